The molecule has 19 heavy (non-hydrogen) atoms. The molecule has 0 spiro atoms. The quantitative estimate of drug-likeness (QED) is 0.823. The van der Waals surface area contributed by atoms with Crippen LogP contribution in [0.4, 0.5) is 14.5 Å². The maximum absolute atomic E-state index is 13.8. The number of anilines is 1. The Balaban J connectivity index is 2.11. The van der Waals surface area contributed by atoms with Gasteiger partial charge in [0.2, 0.25) is 0 Å². The van der Waals surface area contributed by atoms with E-state index in [9.17, 15) is 8.78 Å². The van der Waals surface area contributed by atoms with Gasteiger partial charge in [-0.05, 0) is 48.2 Å². The van der Waals surface area contributed by atoms with Gasteiger partial charge in [-0.2, -0.15) is 0 Å². The molecular weight excluding hydrogens is 316 g/mol. The Bertz CT molecular complexity index is 469. The molecule has 1 aliphatic heterocycles. The van der Waals surface area contributed by atoms with Gasteiger partial charge in [-0.25, -0.2) is 8.78 Å². The second-order valence-electron chi connectivity index (χ2n) is 5.23. The number of halogens is 3. The highest BCUT2D eigenvalue weighted by Gasteiger charge is 2.31. The van der Waals surface area contributed by atoms with Crippen LogP contribution >= 0.6 is 15.9 Å². The molecule has 2 unspecified atom stereocenters. The van der Waals surface area contributed by atoms with E-state index in [1.807, 2.05) is 0 Å². The number of hydrogen-bond donors (Lipinski definition) is 1. The van der Waals surface area contributed by atoms with Crippen LogP contribution in [0.3, 0.4) is 0 Å². The molecular formula is C14H18BrF2NO. The van der Waals surface area contributed by atoms with Gasteiger partial charge in [0.25, 0.3) is 0 Å². The molecule has 1 N–H and O–H groups in total. The first-order chi connectivity index (χ1) is 8.93. The first-order valence-corrected chi connectivity index (χ1v) is 7.28. The Morgan fingerprint density at radius 2 is 2.16 bits per heavy atom. The zero-order valence-corrected chi connectivity index (χ0v) is 12.7. The fourth-order valence-corrected chi connectivity index (χ4v) is 2.67. The molecule has 106 valence electrons. The van der Waals surface area contributed by atoms with E-state index < -0.39 is 11.6 Å². The second kappa shape index (κ2) is 5.75. The third kappa shape index (κ3) is 3.45. The predicted octanol–water partition coefficient (Wildman–Crippen LogP) is 4.49. The molecule has 0 aromatic heterocycles. The summed E-state index contributed by atoms with van der Waals surface area (Å²) >= 11 is 2.97. The summed E-state index contributed by atoms with van der Waals surface area (Å²) < 4.78 is 33.1. The van der Waals surface area contributed by atoms with Gasteiger partial charge < -0.3 is 10.1 Å². The molecule has 0 radical (unpaired) electrons. The summed E-state index contributed by atoms with van der Waals surface area (Å²) in [5.41, 5.74) is 0.0337. The summed E-state index contributed by atoms with van der Waals surface area (Å²) in [5, 5.41) is 3.09. The standard InChI is InChI=1S/C14H18BrF2NO/c1-3-14(2)8-9(4-5-19-14)18-13-7-11(16)10(15)6-12(13)17/h6-7,9,18H,3-5,8H2,1-2H3. The zero-order chi connectivity index (χ0) is 14.0. The fraction of sp³-hybridized carbons (Fsp3) is 0.571. The Morgan fingerprint density at radius 3 is 2.84 bits per heavy atom. The summed E-state index contributed by atoms with van der Waals surface area (Å²) in [6.45, 7) is 4.77. The molecule has 1 aliphatic rings. The van der Waals surface area contributed by atoms with E-state index in [1.54, 1.807) is 0 Å². The van der Waals surface area contributed by atoms with Crippen molar-refractivity contribution >= 4 is 21.6 Å². The Labute approximate surface area is 120 Å². The van der Waals surface area contributed by atoms with Crippen molar-refractivity contribution in [3.63, 3.8) is 0 Å². The van der Waals surface area contributed by atoms with Crippen LogP contribution in [0.5, 0.6) is 0 Å². The molecule has 0 aliphatic carbocycles. The van der Waals surface area contributed by atoms with Crippen molar-refractivity contribution < 1.29 is 13.5 Å². The minimum Gasteiger partial charge on any atom is -0.380 e. The van der Waals surface area contributed by atoms with Gasteiger partial charge in [-0.15, -0.1) is 0 Å². The number of ether oxygens (including phenoxy) is 1. The van der Waals surface area contributed by atoms with Gasteiger partial charge in [-0.1, -0.05) is 6.92 Å². The van der Waals surface area contributed by atoms with Crippen molar-refractivity contribution in [2.75, 3.05) is 11.9 Å². The van der Waals surface area contributed by atoms with Crippen LogP contribution in [-0.4, -0.2) is 18.2 Å². The maximum Gasteiger partial charge on any atom is 0.147 e. The lowest BCUT2D eigenvalue weighted by Gasteiger charge is -2.38. The van der Waals surface area contributed by atoms with Crippen LogP contribution in [0, 0.1) is 11.6 Å². The van der Waals surface area contributed by atoms with E-state index in [1.165, 1.54) is 6.07 Å². The lowest BCUT2D eigenvalue weighted by atomic mass is 9.90. The van der Waals surface area contributed by atoms with Gasteiger partial charge in [-0.3, -0.25) is 0 Å². The van der Waals surface area contributed by atoms with Crippen molar-refractivity contribution in [2.24, 2.45) is 0 Å². The molecule has 2 nitrogen and oxygen atoms in total. The highest BCUT2D eigenvalue weighted by molar-refractivity contribution is 9.10. The topological polar surface area (TPSA) is 21.3 Å². The van der Waals surface area contributed by atoms with Crippen LogP contribution in [0.2, 0.25) is 0 Å². The first-order valence-electron chi connectivity index (χ1n) is 6.48. The van der Waals surface area contributed by atoms with Crippen LogP contribution in [0.15, 0.2) is 16.6 Å². The molecule has 2 rings (SSSR count). The predicted molar refractivity (Wildman–Crippen MR) is 75.4 cm³/mol. The molecule has 0 saturated carbocycles. The molecule has 1 fully saturated rings. The van der Waals surface area contributed by atoms with E-state index in [4.69, 9.17) is 4.74 Å². The molecule has 1 aromatic carbocycles. The summed E-state index contributed by atoms with van der Waals surface area (Å²) in [6, 6.07) is 2.45. The average Bonchev–Trinajstić information content (AvgIpc) is 2.36. The first kappa shape index (κ1) is 14.7. The molecule has 0 amide bonds. The number of rotatable bonds is 3. The minimum atomic E-state index is -0.464. The monoisotopic (exact) mass is 333 g/mol. The van der Waals surface area contributed by atoms with Crippen LogP contribution in [0.25, 0.3) is 0 Å². The van der Waals surface area contributed by atoms with Gasteiger partial charge in [0.1, 0.15) is 11.6 Å². The summed E-state index contributed by atoms with van der Waals surface area (Å²) in [5.74, 6) is -0.910. The van der Waals surface area contributed by atoms with Gasteiger partial charge >= 0.3 is 0 Å². The van der Waals surface area contributed by atoms with Crippen LogP contribution < -0.4 is 5.32 Å². The van der Waals surface area contributed by atoms with E-state index in [0.717, 1.165) is 25.3 Å². The molecule has 1 heterocycles. The van der Waals surface area contributed by atoms with Crippen LogP contribution in [-0.2, 0) is 4.74 Å². The minimum absolute atomic E-state index is 0.105. The van der Waals surface area contributed by atoms with E-state index in [-0.39, 0.29) is 21.8 Å². The lowest BCUT2D eigenvalue weighted by Crippen LogP contribution is -2.42. The summed E-state index contributed by atoms with van der Waals surface area (Å²) in [4.78, 5) is 0. The second-order valence-corrected chi connectivity index (χ2v) is 6.09. The normalized spacial score (nSPS) is 27.3. The van der Waals surface area contributed by atoms with Gasteiger partial charge in [0, 0.05) is 18.7 Å². The maximum atomic E-state index is 13.8. The van der Waals surface area contributed by atoms with E-state index in [0.29, 0.717) is 6.61 Å². The Hall–Kier alpha value is -0.680. The average molecular weight is 334 g/mol. The number of nitrogens with one attached hydrogen (secondary N) is 1. The number of benzene rings is 1. The smallest absolute Gasteiger partial charge is 0.147 e. The lowest BCUT2D eigenvalue weighted by molar-refractivity contribution is -0.0709. The SMILES string of the molecule is CCC1(C)CC(Nc2cc(F)c(Br)cc2F)CCO1. The molecule has 1 saturated heterocycles. The highest BCUT2D eigenvalue weighted by atomic mass is 79.9. The van der Waals surface area contributed by atoms with E-state index >= 15 is 0 Å². The highest BCUT2D eigenvalue weighted by Crippen LogP contribution is 2.31. The molecule has 5 heteroatoms. The zero-order valence-electron chi connectivity index (χ0n) is 11.1. The fourth-order valence-electron chi connectivity index (χ4n) is 2.35. The molecule has 2 atom stereocenters. The summed E-state index contributed by atoms with van der Waals surface area (Å²) in [6.07, 6.45) is 2.50. The largest absolute Gasteiger partial charge is 0.380 e. The number of hydrogen-bond acceptors (Lipinski definition) is 2. The van der Waals surface area contributed by atoms with Crippen LogP contribution in [0.1, 0.15) is 33.1 Å². The van der Waals surface area contributed by atoms with Crippen molar-refractivity contribution in [2.45, 2.75) is 44.8 Å². The third-order valence-electron chi connectivity index (χ3n) is 3.71. The third-order valence-corrected chi connectivity index (χ3v) is 4.32. The van der Waals surface area contributed by atoms with Crippen molar-refractivity contribution in [1.82, 2.24) is 0 Å². The van der Waals surface area contributed by atoms with Gasteiger partial charge in [0.15, 0.2) is 0 Å². The summed E-state index contributed by atoms with van der Waals surface area (Å²) in [7, 11) is 0. The molecule has 0 bridgehead atoms. The molecule has 1 aromatic rings. The van der Waals surface area contributed by atoms with Crippen molar-refractivity contribution in [1.29, 1.82) is 0 Å². The van der Waals surface area contributed by atoms with E-state index in [2.05, 4.69) is 35.1 Å². The van der Waals surface area contributed by atoms with Crippen molar-refractivity contribution in [3.8, 4) is 0 Å². The van der Waals surface area contributed by atoms with Gasteiger partial charge in [0.05, 0.1) is 15.8 Å². The Kier molecular flexibility index (Phi) is 4.46. The van der Waals surface area contributed by atoms with Crippen molar-refractivity contribution in [3.05, 3.63) is 28.2 Å². The Morgan fingerprint density at radius 1 is 1.42 bits per heavy atom.